The molecular weight excluding hydrogens is 312 g/mol. The molecule has 25 heavy (non-hydrogen) atoms. The van der Waals surface area contributed by atoms with Gasteiger partial charge in [-0.15, -0.1) is 0 Å². The predicted octanol–water partition coefficient (Wildman–Crippen LogP) is 3.52. The van der Waals surface area contributed by atoms with Crippen molar-refractivity contribution in [3.63, 3.8) is 0 Å². The van der Waals surface area contributed by atoms with Crippen molar-refractivity contribution in [3.05, 3.63) is 29.3 Å². The molecule has 2 saturated carbocycles. The molecule has 2 atom stereocenters. The van der Waals surface area contributed by atoms with E-state index in [1.54, 1.807) is 0 Å². The maximum atomic E-state index is 12.6. The highest BCUT2D eigenvalue weighted by molar-refractivity contribution is 5.93. The van der Waals surface area contributed by atoms with E-state index in [1.165, 1.54) is 25.7 Å². The van der Waals surface area contributed by atoms with Crippen LogP contribution in [0.1, 0.15) is 43.7 Å². The molecule has 0 bridgehead atoms. The molecule has 4 nitrogen and oxygen atoms in total. The van der Waals surface area contributed by atoms with Crippen LogP contribution in [0.25, 0.3) is 0 Å². The van der Waals surface area contributed by atoms with Gasteiger partial charge in [-0.25, -0.2) is 0 Å². The second-order valence-corrected chi connectivity index (χ2v) is 8.33. The van der Waals surface area contributed by atoms with Crippen molar-refractivity contribution in [2.45, 2.75) is 52.1 Å². The number of amides is 1. The van der Waals surface area contributed by atoms with Gasteiger partial charge in [0.1, 0.15) is 0 Å². The van der Waals surface area contributed by atoms with Gasteiger partial charge in [0, 0.05) is 17.6 Å². The van der Waals surface area contributed by atoms with Crippen molar-refractivity contribution in [2.24, 2.45) is 11.3 Å². The molecule has 3 fully saturated rings. The van der Waals surface area contributed by atoms with Crippen LogP contribution in [0.2, 0.25) is 0 Å². The van der Waals surface area contributed by atoms with Gasteiger partial charge in [-0.3, -0.25) is 9.69 Å². The fraction of sp³-hybridized carbons (Fsp3) is 0.667. The van der Waals surface area contributed by atoms with Gasteiger partial charge in [-0.1, -0.05) is 25.1 Å². The Morgan fingerprint density at radius 2 is 2.04 bits per heavy atom. The molecule has 1 aromatic carbocycles. The lowest BCUT2D eigenvalue weighted by atomic mass is 9.68. The van der Waals surface area contributed by atoms with Crippen molar-refractivity contribution in [3.8, 4) is 0 Å². The number of para-hydroxylation sites is 1. The lowest BCUT2D eigenvalue weighted by Crippen LogP contribution is -2.51. The first-order valence-corrected chi connectivity index (χ1v) is 9.72. The molecule has 0 radical (unpaired) electrons. The smallest absolute Gasteiger partial charge is 0.238 e. The summed E-state index contributed by atoms with van der Waals surface area (Å²) < 4.78 is 6.19. The van der Waals surface area contributed by atoms with Crippen molar-refractivity contribution >= 4 is 11.6 Å². The Hall–Kier alpha value is -1.39. The first-order valence-electron chi connectivity index (χ1n) is 9.72. The van der Waals surface area contributed by atoms with Crippen molar-refractivity contribution in [2.75, 3.05) is 31.6 Å². The number of benzene rings is 1. The maximum Gasteiger partial charge on any atom is 0.238 e. The molecular formula is C21H30N2O2. The number of hydrogen-bond acceptors (Lipinski definition) is 3. The van der Waals surface area contributed by atoms with Gasteiger partial charge in [0.05, 0.1) is 18.8 Å². The first-order chi connectivity index (χ1) is 12.0. The number of anilines is 1. The summed E-state index contributed by atoms with van der Waals surface area (Å²) in [5.41, 5.74) is 3.68. The van der Waals surface area contributed by atoms with E-state index in [-0.39, 0.29) is 11.5 Å². The fourth-order valence-corrected chi connectivity index (χ4v) is 5.11. The summed E-state index contributed by atoms with van der Waals surface area (Å²) in [6, 6.07) is 6.12. The second kappa shape index (κ2) is 6.10. The summed E-state index contributed by atoms with van der Waals surface area (Å²) in [6.45, 7) is 9.57. The molecule has 1 aliphatic heterocycles. The molecule has 2 aliphatic carbocycles. The van der Waals surface area contributed by atoms with Crippen molar-refractivity contribution < 1.29 is 9.53 Å². The molecule has 4 heteroatoms. The first kappa shape index (κ1) is 17.0. The molecule has 1 heterocycles. The molecule has 1 spiro atoms. The molecule has 1 aromatic rings. The Morgan fingerprint density at radius 3 is 2.60 bits per heavy atom. The summed E-state index contributed by atoms with van der Waals surface area (Å²) in [5.74, 6) is 0.818. The Balaban J connectivity index is 1.40. The largest absolute Gasteiger partial charge is 0.374 e. The topological polar surface area (TPSA) is 41.6 Å². The second-order valence-electron chi connectivity index (χ2n) is 8.33. The summed E-state index contributed by atoms with van der Waals surface area (Å²) in [7, 11) is 0. The zero-order valence-corrected chi connectivity index (χ0v) is 15.7. The number of nitrogens with one attached hydrogen (secondary N) is 1. The predicted molar refractivity (Wildman–Crippen MR) is 99.7 cm³/mol. The number of nitrogens with zero attached hydrogens (tertiary/aromatic N) is 1. The highest BCUT2D eigenvalue weighted by Crippen LogP contribution is 2.71. The molecule has 1 amide bonds. The van der Waals surface area contributed by atoms with E-state index in [0.29, 0.717) is 12.0 Å². The zero-order valence-electron chi connectivity index (χ0n) is 15.7. The van der Waals surface area contributed by atoms with Crippen LogP contribution in [0.15, 0.2) is 18.2 Å². The number of rotatable bonds is 6. The zero-order chi connectivity index (χ0) is 17.7. The minimum Gasteiger partial charge on any atom is -0.374 e. The average molecular weight is 342 g/mol. The SMILES string of the molecule is CCN(CC(=O)Nc1c(C)cccc1C)C[C@]12C[C@H]1COC21CCC1. The van der Waals surface area contributed by atoms with Crippen LogP contribution in [0.5, 0.6) is 0 Å². The van der Waals surface area contributed by atoms with E-state index >= 15 is 0 Å². The lowest BCUT2D eigenvalue weighted by molar-refractivity contribution is -0.123. The molecule has 1 N–H and O–H groups in total. The van der Waals surface area contributed by atoms with Crippen LogP contribution in [0.4, 0.5) is 5.69 Å². The van der Waals surface area contributed by atoms with E-state index in [1.807, 2.05) is 32.0 Å². The van der Waals surface area contributed by atoms with Gasteiger partial charge in [-0.2, -0.15) is 0 Å². The van der Waals surface area contributed by atoms with Gasteiger partial charge in [0.25, 0.3) is 0 Å². The van der Waals surface area contributed by atoms with Gasteiger partial charge >= 0.3 is 0 Å². The van der Waals surface area contributed by atoms with Crippen molar-refractivity contribution in [1.82, 2.24) is 4.90 Å². The number of hydrogen-bond donors (Lipinski definition) is 1. The molecule has 4 rings (SSSR count). The third kappa shape index (κ3) is 2.70. The summed E-state index contributed by atoms with van der Waals surface area (Å²) >= 11 is 0. The third-order valence-electron chi connectivity index (χ3n) is 6.93. The van der Waals surface area contributed by atoms with Crippen LogP contribution in [0.3, 0.4) is 0 Å². The van der Waals surface area contributed by atoms with Crippen LogP contribution in [-0.2, 0) is 9.53 Å². The Labute approximate surface area is 150 Å². The minimum atomic E-state index is 0.0921. The van der Waals surface area contributed by atoms with E-state index in [9.17, 15) is 4.79 Å². The van der Waals surface area contributed by atoms with E-state index < -0.39 is 0 Å². The summed E-state index contributed by atoms with van der Waals surface area (Å²) in [6.07, 6.45) is 5.03. The van der Waals surface area contributed by atoms with Gasteiger partial charge in [0.15, 0.2) is 0 Å². The molecule has 1 saturated heterocycles. The van der Waals surface area contributed by atoms with Crippen molar-refractivity contribution in [1.29, 1.82) is 0 Å². The number of likely N-dealkylation sites (N-methyl/N-ethyl adjacent to an activating group) is 1. The van der Waals surface area contributed by atoms with Crippen LogP contribution in [0, 0.1) is 25.2 Å². The van der Waals surface area contributed by atoms with Crippen LogP contribution in [-0.4, -0.2) is 42.6 Å². The molecule has 136 valence electrons. The molecule has 3 aliphatic rings. The highest BCUT2D eigenvalue weighted by Gasteiger charge is 2.73. The molecule has 0 unspecified atom stereocenters. The quantitative estimate of drug-likeness (QED) is 0.860. The summed E-state index contributed by atoms with van der Waals surface area (Å²) in [5, 5.41) is 3.13. The van der Waals surface area contributed by atoms with Crippen LogP contribution >= 0.6 is 0 Å². The number of fused-ring (bicyclic) bond motifs is 2. The average Bonchev–Trinajstić information content (AvgIpc) is 3.14. The Morgan fingerprint density at radius 1 is 1.32 bits per heavy atom. The van der Waals surface area contributed by atoms with E-state index in [2.05, 4.69) is 17.1 Å². The fourth-order valence-electron chi connectivity index (χ4n) is 5.11. The third-order valence-corrected chi connectivity index (χ3v) is 6.93. The van der Waals surface area contributed by atoms with Crippen LogP contribution < -0.4 is 5.32 Å². The van der Waals surface area contributed by atoms with E-state index in [0.717, 1.165) is 42.4 Å². The molecule has 0 aromatic heterocycles. The van der Waals surface area contributed by atoms with E-state index in [4.69, 9.17) is 4.74 Å². The number of ether oxygens (including phenoxy) is 1. The number of carbonyl (C=O) groups excluding carboxylic acids is 1. The van der Waals surface area contributed by atoms with Gasteiger partial charge in [0.2, 0.25) is 5.91 Å². The Bertz CT molecular complexity index is 662. The summed E-state index contributed by atoms with van der Waals surface area (Å²) in [4.78, 5) is 15.0. The normalized spacial score (nSPS) is 28.7. The minimum absolute atomic E-state index is 0.0921. The van der Waals surface area contributed by atoms with Gasteiger partial charge in [-0.05, 0) is 63.1 Å². The Kier molecular flexibility index (Phi) is 4.16. The number of aryl methyl sites for hydroxylation is 2. The monoisotopic (exact) mass is 342 g/mol. The lowest BCUT2D eigenvalue weighted by Gasteiger charge is -2.46. The standard InChI is InChI=1S/C21H30N2O2/c1-4-23(12-18(24)22-19-15(2)7-5-8-16(19)3)14-20-11-17(20)13-25-21(20)9-6-10-21/h5,7-8,17H,4,6,9-14H2,1-3H3,(H,22,24)/t17-,20+/m0/s1. The number of carbonyl (C=O) groups is 1. The maximum absolute atomic E-state index is 12.6. The highest BCUT2D eigenvalue weighted by atomic mass is 16.5. The van der Waals surface area contributed by atoms with Gasteiger partial charge < -0.3 is 10.1 Å².